The number of hydrogen-bond donors (Lipinski definition) is 2. The molecule has 30 heavy (non-hydrogen) atoms. The van der Waals surface area contributed by atoms with Gasteiger partial charge in [-0.3, -0.25) is 0 Å². The smallest absolute Gasteiger partial charge is 0.157 e. The van der Waals surface area contributed by atoms with Crippen LogP contribution in [-0.4, -0.2) is 41.4 Å². The number of ether oxygens (including phenoxy) is 2. The van der Waals surface area contributed by atoms with Crippen LogP contribution in [0.3, 0.4) is 0 Å². The van der Waals surface area contributed by atoms with Gasteiger partial charge in [0.2, 0.25) is 0 Å². The van der Waals surface area contributed by atoms with E-state index in [1.165, 1.54) is 38.5 Å². The van der Waals surface area contributed by atoms with Gasteiger partial charge in [-0.2, -0.15) is 0 Å². The van der Waals surface area contributed by atoms with E-state index < -0.39 is 5.60 Å². The highest BCUT2D eigenvalue weighted by Gasteiger charge is 2.61. The largest absolute Gasteiger partial charge is 0.393 e. The molecule has 1 saturated heterocycles. The Morgan fingerprint density at radius 1 is 0.967 bits per heavy atom. The Morgan fingerprint density at radius 3 is 2.67 bits per heavy atom. The summed E-state index contributed by atoms with van der Waals surface area (Å²) in [5.74, 6) is 3.09. The van der Waals surface area contributed by atoms with E-state index in [1.54, 1.807) is 0 Å². The highest BCUT2D eigenvalue weighted by Crippen LogP contribution is 2.65. The summed E-state index contributed by atoms with van der Waals surface area (Å²) in [4.78, 5) is 0. The van der Waals surface area contributed by atoms with E-state index in [9.17, 15) is 10.2 Å². The first-order chi connectivity index (χ1) is 14.5. The molecule has 0 aromatic heterocycles. The lowest BCUT2D eigenvalue weighted by Gasteiger charge is -2.60. The van der Waals surface area contributed by atoms with Crippen molar-refractivity contribution < 1.29 is 19.7 Å². The summed E-state index contributed by atoms with van der Waals surface area (Å²) in [6.07, 6.45) is 15.8. The molecule has 0 spiro atoms. The predicted octanol–water partition coefficient (Wildman–Crippen LogP) is 5.05. The molecular formula is C26H44O4. The minimum atomic E-state index is -0.428. The van der Waals surface area contributed by atoms with Gasteiger partial charge in [0.25, 0.3) is 0 Å². The minimum Gasteiger partial charge on any atom is -0.393 e. The maximum Gasteiger partial charge on any atom is 0.157 e. The number of hydrogen-bond acceptors (Lipinski definition) is 4. The summed E-state index contributed by atoms with van der Waals surface area (Å²) in [6, 6.07) is 0. The summed E-state index contributed by atoms with van der Waals surface area (Å²) in [7, 11) is 0. The third-order valence-corrected chi connectivity index (χ3v) is 10.2. The quantitative estimate of drug-likeness (QED) is 0.611. The average molecular weight is 421 g/mol. The first-order valence-electron chi connectivity index (χ1n) is 13.1. The lowest BCUT2D eigenvalue weighted by Crippen LogP contribution is -2.58. The third kappa shape index (κ3) is 3.78. The van der Waals surface area contributed by atoms with Crippen LogP contribution in [0.25, 0.3) is 0 Å². The number of aliphatic hydroxyl groups is 2. The van der Waals surface area contributed by atoms with Crippen molar-refractivity contribution in [1.29, 1.82) is 0 Å². The third-order valence-electron chi connectivity index (χ3n) is 10.2. The van der Waals surface area contributed by atoms with Crippen LogP contribution in [0.1, 0.15) is 96.8 Å². The standard InChI is InChI=1S/C26H44O4/c1-25-14-12-19-20-8-2-4-13-26(20,28)17-18(24(19)21(25)10-11-22(25)27)7-6-16-30-23-9-3-5-15-29-23/h18-24,27-28H,2-17H2,1H3/t18-,19+,20+,21+,22+,23?,24+,25-,26-/m0/s1. The molecule has 4 saturated carbocycles. The van der Waals surface area contributed by atoms with Gasteiger partial charge in [0.1, 0.15) is 0 Å². The second-order valence-corrected chi connectivity index (χ2v) is 11.7. The first-order valence-corrected chi connectivity index (χ1v) is 13.1. The molecule has 9 atom stereocenters. The Labute approximate surface area is 183 Å². The summed E-state index contributed by atoms with van der Waals surface area (Å²) < 4.78 is 11.8. The molecule has 4 nitrogen and oxygen atoms in total. The predicted molar refractivity (Wildman–Crippen MR) is 117 cm³/mol. The molecule has 0 aromatic rings. The minimum absolute atomic E-state index is 0.00714. The molecule has 0 amide bonds. The van der Waals surface area contributed by atoms with E-state index in [0.717, 1.165) is 64.6 Å². The summed E-state index contributed by atoms with van der Waals surface area (Å²) in [6.45, 7) is 3.99. The van der Waals surface area contributed by atoms with Crippen molar-refractivity contribution in [2.24, 2.45) is 35.0 Å². The van der Waals surface area contributed by atoms with Crippen molar-refractivity contribution in [1.82, 2.24) is 0 Å². The van der Waals surface area contributed by atoms with E-state index in [0.29, 0.717) is 29.6 Å². The van der Waals surface area contributed by atoms with Crippen molar-refractivity contribution in [3.05, 3.63) is 0 Å². The Morgan fingerprint density at radius 2 is 1.83 bits per heavy atom. The zero-order chi connectivity index (χ0) is 20.8. The molecule has 172 valence electrons. The normalized spacial score (nSPS) is 51.1. The van der Waals surface area contributed by atoms with E-state index in [-0.39, 0.29) is 17.8 Å². The van der Waals surface area contributed by atoms with Crippen LogP contribution in [0.4, 0.5) is 0 Å². The highest BCUT2D eigenvalue weighted by atomic mass is 16.7. The summed E-state index contributed by atoms with van der Waals surface area (Å²) in [5, 5.41) is 22.5. The summed E-state index contributed by atoms with van der Waals surface area (Å²) in [5.41, 5.74) is -0.321. The molecule has 1 aliphatic heterocycles. The van der Waals surface area contributed by atoms with Gasteiger partial charge < -0.3 is 19.7 Å². The molecule has 0 aromatic carbocycles. The first kappa shape index (κ1) is 21.7. The van der Waals surface area contributed by atoms with Gasteiger partial charge in [0, 0.05) is 13.2 Å². The lowest BCUT2D eigenvalue weighted by molar-refractivity contribution is -0.183. The molecule has 0 radical (unpaired) electrons. The van der Waals surface area contributed by atoms with Gasteiger partial charge in [0.05, 0.1) is 11.7 Å². The molecule has 5 rings (SSSR count). The lowest BCUT2D eigenvalue weighted by atomic mass is 9.46. The Bertz CT molecular complexity index is 590. The Kier molecular flexibility index (Phi) is 6.25. The molecular weight excluding hydrogens is 376 g/mol. The Hall–Kier alpha value is -0.160. The molecule has 4 aliphatic carbocycles. The van der Waals surface area contributed by atoms with Crippen molar-refractivity contribution in [3.63, 3.8) is 0 Å². The van der Waals surface area contributed by atoms with E-state index in [4.69, 9.17) is 9.47 Å². The zero-order valence-electron chi connectivity index (χ0n) is 19.1. The Balaban J connectivity index is 1.29. The second kappa shape index (κ2) is 8.65. The molecule has 1 unspecified atom stereocenters. The molecule has 4 heteroatoms. The molecule has 5 fully saturated rings. The average Bonchev–Trinajstić information content (AvgIpc) is 3.06. The van der Waals surface area contributed by atoms with E-state index in [1.807, 2.05) is 0 Å². The fourth-order valence-corrected chi connectivity index (χ4v) is 8.75. The van der Waals surface area contributed by atoms with Crippen molar-refractivity contribution in [2.45, 2.75) is 115 Å². The molecule has 2 N–H and O–H groups in total. The number of aliphatic hydroxyl groups excluding tert-OH is 1. The van der Waals surface area contributed by atoms with Gasteiger partial charge in [-0.1, -0.05) is 19.8 Å². The van der Waals surface area contributed by atoms with Crippen LogP contribution in [0, 0.1) is 35.0 Å². The van der Waals surface area contributed by atoms with Crippen molar-refractivity contribution in [2.75, 3.05) is 13.2 Å². The van der Waals surface area contributed by atoms with E-state index in [2.05, 4.69) is 6.92 Å². The number of rotatable bonds is 5. The van der Waals surface area contributed by atoms with Crippen LogP contribution in [0.15, 0.2) is 0 Å². The SMILES string of the molecule is C[C@]12CC[C@H]3[C@@H]([C@@H](CCCOC4CCCCO4)C[C@@]4(O)CCCC[C@H]34)[C@H]1CC[C@H]2O. The van der Waals surface area contributed by atoms with Gasteiger partial charge in [-0.25, -0.2) is 0 Å². The molecule has 5 aliphatic rings. The van der Waals surface area contributed by atoms with Gasteiger partial charge >= 0.3 is 0 Å². The topological polar surface area (TPSA) is 58.9 Å². The van der Waals surface area contributed by atoms with Crippen LogP contribution >= 0.6 is 0 Å². The van der Waals surface area contributed by atoms with Gasteiger partial charge in [0.15, 0.2) is 6.29 Å². The van der Waals surface area contributed by atoms with Crippen LogP contribution in [0.2, 0.25) is 0 Å². The fraction of sp³-hybridized carbons (Fsp3) is 1.00. The number of fused-ring (bicyclic) bond motifs is 5. The van der Waals surface area contributed by atoms with Gasteiger partial charge in [-0.15, -0.1) is 0 Å². The zero-order valence-corrected chi connectivity index (χ0v) is 19.1. The fourth-order valence-electron chi connectivity index (χ4n) is 8.75. The molecule has 0 bridgehead atoms. The van der Waals surface area contributed by atoms with Crippen LogP contribution in [-0.2, 0) is 9.47 Å². The second-order valence-electron chi connectivity index (χ2n) is 11.7. The van der Waals surface area contributed by atoms with Crippen LogP contribution in [0.5, 0.6) is 0 Å². The van der Waals surface area contributed by atoms with Crippen molar-refractivity contribution >= 4 is 0 Å². The highest BCUT2D eigenvalue weighted by molar-refractivity contribution is 5.11. The maximum atomic E-state index is 11.7. The van der Waals surface area contributed by atoms with Crippen molar-refractivity contribution in [3.8, 4) is 0 Å². The van der Waals surface area contributed by atoms with E-state index >= 15 is 0 Å². The summed E-state index contributed by atoms with van der Waals surface area (Å²) >= 11 is 0. The monoisotopic (exact) mass is 420 g/mol. The van der Waals surface area contributed by atoms with Gasteiger partial charge in [-0.05, 0) is 112 Å². The maximum absolute atomic E-state index is 11.7. The van der Waals surface area contributed by atoms with Crippen LogP contribution < -0.4 is 0 Å². The molecule has 1 heterocycles.